The molecule has 1 unspecified atom stereocenters. The van der Waals surface area contributed by atoms with E-state index in [9.17, 15) is 9.90 Å². The van der Waals surface area contributed by atoms with Gasteiger partial charge in [-0.05, 0) is 43.7 Å². The van der Waals surface area contributed by atoms with Gasteiger partial charge in [-0.2, -0.15) is 0 Å². The van der Waals surface area contributed by atoms with Crippen LogP contribution in [0.3, 0.4) is 0 Å². The van der Waals surface area contributed by atoms with Crippen molar-refractivity contribution in [1.29, 1.82) is 0 Å². The monoisotopic (exact) mass is 442 g/mol. The fraction of sp³-hybridized carbons (Fsp3) is 0.259. The number of quaternary nitrogens is 1. The minimum atomic E-state index is -1.17. The van der Waals surface area contributed by atoms with Crippen LogP contribution < -0.4 is 19.5 Å². The first kappa shape index (κ1) is 22.4. The van der Waals surface area contributed by atoms with Gasteiger partial charge >= 0.3 is 0 Å². The quantitative estimate of drug-likeness (QED) is 0.567. The van der Waals surface area contributed by atoms with Crippen LogP contribution in [0.4, 0.5) is 0 Å². The summed E-state index contributed by atoms with van der Waals surface area (Å²) in [6.07, 6.45) is 7.36. The third-order valence-electron chi connectivity index (χ3n) is 5.79. The summed E-state index contributed by atoms with van der Waals surface area (Å²) in [6.45, 7) is 6.84. The van der Waals surface area contributed by atoms with Crippen LogP contribution >= 0.6 is 0 Å². The number of carboxylic acids is 1. The van der Waals surface area contributed by atoms with Crippen LogP contribution in [0.5, 0.6) is 11.5 Å². The zero-order valence-electron chi connectivity index (χ0n) is 18.8. The summed E-state index contributed by atoms with van der Waals surface area (Å²) < 4.78 is 11.3. The van der Waals surface area contributed by atoms with Crippen molar-refractivity contribution in [3.8, 4) is 23.8 Å². The summed E-state index contributed by atoms with van der Waals surface area (Å²) in [6, 6.07) is 13.0. The lowest BCUT2D eigenvalue weighted by Gasteiger charge is -2.29. The van der Waals surface area contributed by atoms with Crippen LogP contribution in [0.25, 0.3) is 22.6 Å². The number of likely N-dealkylation sites (N-methyl/N-ethyl adjacent to an activating group) is 1. The molecule has 0 radical (unpaired) electrons. The number of hydrogen-bond acceptors (Lipinski definition) is 5. The summed E-state index contributed by atoms with van der Waals surface area (Å²) in [5.74, 6) is 2.49. The van der Waals surface area contributed by atoms with Gasteiger partial charge in [-0.1, -0.05) is 30.2 Å². The Kier molecular flexibility index (Phi) is 6.62. The van der Waals surface area contributed by atoms with Crippen molar-refractivity contribution >= 4 is 28.5 Å². The molecular weight excluding hydrogens is 416 g/mol. The number of nitrogens with one attached hydrogen (secondary N) is 1. The molecule has 6 nitrogen and oxygen atoms in total. The fourth-order valence-electron chi connectivity index (χ4n) is 4.28. The maximum Gasteiger partial charge on any atom is 0.162 e. The van der Waals surface area contributed by atoms with E-state index in [0.717, 1.165) is 35.5 Å². The van der Waals surface area contributed by atoms with Gasteiger partial charge in [-0.3, -0.25) is 0 Å². The molecule has 3 aromatic rings. The van der Waals surface area contributed by atoms with E-state index in [2.05, 4.69) is 12.8 Å². The van der Waals surface area contributed by atoms with E-state index in [-0.39, 0.29) is 12.2 Å². The average molecular weight is 443 g/mol. The minimum Gasteiger partial charge on any atom is -0.545 e. The third-order valence-corrected chi connectivity index (χ3v) is 5.79. The summed E-state index contributed by atoms with van der Waals surface area (Å²) in [4.78, 5) is 18.3. The molecule has 1 aliphatic rings. The first-order valence-corrected chi connectivity index (χ1v) is 11.1. The van der Waals surface area contributed by atoms with Crippen molar-refractivity contribution in [3.63, 3.8) is 0 Å². The second-order valence-electron chi connectivity index (χ2n) is 7.88. The Morgan fingerprint density at radius 1 is 1.18 bits per heavy atom. The van der Waals surface area contributed by atoms with Crippen LogP contribution in [0.15, 0.2) is 42.5 Å². The van der Waals surface area contributed by atoms with Gasteiger partial charge in [-0.25, -0.2) is 4.98 Å². The van der Waals surface area contributed by atoms with E-state index >= 15 is 0 Å². The van der Waals surface area contributed by atoms with Gasteiger partial charge in [0.1, 0.15) is 19.7 Å². The smallest absolute Gasteiger partial charge is 0.162 e. The topological polar surface area (TPSA) is 75.9 Å². The molecular formula is C27H26N2O4. The van der Waals surface area contributed by atoms with E-state index in [1.54, 1.807) is 6.07 Å². The van der Waals surface area contributed by atoms with Gasteiger partial charge < -0.3 is 24.3 Å². The first-order valence-electron chi connectivity index (χ1n) is 11.1. The number of hydrogen-bond donors (Lipinski definition) is 1. The highest BCUT2D eigenvalue weighted by atomic mass is 16.5. The van der Waals surface area contributed by atoms with Gasteiger partial charge in [0.15, 0.2) is 11.5 Å². The molecule has 1 aromatic heterocycles. The number of para-hydroxylation sites is 1. The third kappa shape index (κ3) is 4.55. The van der Waals surface area contributed by atoms with E-state index in [1.807, 2.05) is 49.4 Å². The number of ether oxygens (including phenoxy) is 2. The van der Waals surface area contributed by atoms with Gasteiger partial charge in [0.05, 0.1) is 30.3 Å². The molecule has 0 bridgehead atoms. The Hall–Kier alpha value is -3.82. The molecule has 6 heteroatoms. The first-order chi connectivity index (χ1) is 16.0. The molecule has 1 atom stereocenters. The number of carbonyl (C=O) groups is 1. The van der Waals surface area contributed by atoms with Crippen molar-refractivity contribution in [2.45, 2.75) is 20.4 Å². The van der Waals surface area contributed by atoms with Crippen molar-refractivity contribution in [1.82, 2.24) is 4.98 Å². The van der Waals surface area contributed by atoms with Crippen molar-refractivity contribution in [2.24, 2.45) is 0 Å². The van der Waals surface area contributed by atoms with Gasteiger partial charge in [-0.15, -0.1) is 6.42 Å². The Bertz CT molecular complexity index is 1270. The highest BCUT2D eigenvalue weighted by Gasteiger charge is 2.28. The summed E-state index contributed by atoms with van der Waals surface area (Å²) in [5, 5.41) is 12.8. The summed E-state index contributed by atoms with van der Waals surface area (Å²) in [7, 11) is 0. The second-order valence-corrected chi connectivity index (χ2v) is 7.88. The number of carboxylic acid groups (broad SMARTS) is 1. The highest BCUT2D eigenvalue weighted by Crippen LogP contribution is 2.32. The average Bonchev–Trinajstić information content (AvgIpc) is 2.82. The van der Waals surface area contributed by atoms with E-state index < -0.39 is 5.97 Å². The minimum absolute atomic E-state index is 0.158. The Morgan fingerprint density at radius 2 is 2.00 bits per heavy atom. The molecule has 0 saturated carbocycles. The predicted molar refractivity (Wildman–Crippen MR) is 126 cm³/mol. The number of benzene rings is 2. The lowest BCUT2D eigenvalue weighted by atomic mass is 9.92. The largest absolute Gasteiger partial charge is 0.545 e. The standard InChI is InChI=1S/C27H26N2O4/c1-4-13-33-23-12-11-18(15-24(23)32-6-3)14-19-16-29(5-2)17-21-25(27(30)31)20-9-7-8-10-22(20)28-26(19)21/h1,7-12,14-15H,5-6,13,16-17H2,2-3H3,(H,30,31)/b19-14+. The lowest BCUT2D eigenvalue weighted by Crippen LogP contribution is -3.11. The van der Waals surface area contributed by atoms with Crippen molar-refractivity contribution in [3.05, 3.63) is 64.8 Å². The number of aromatic nitrogens is 1. The number of rotatable bonds is 7. The molecule has 0 spiro atoms. The maximum atomic E-state index is 12.2. The van der Waals surface area contributed by atoms with Crippen LogP contribution in [-0.4, -0.2) is 37.3 Å². The maximum absolute atomic E-state index is 12.2. The number of nitrogens with zero attached hydrogens (tertiary/aromatic N) is 1. The predicted octanol–water partition coefficient (Wildman–Crippen LogP) is 1.97. The molecule has 0 fully saturated rings. The van der Waals surface area contributed by atoms with Gasteiger partial charge in [0.25, 0.3) is 0 Å². The zero-order chi connectivity index (χ0) is 23.4. The molecule has 168 valence electrons. The molecule has 33 heavy (non-hydrogen) atoms. The van der Waals surface area contributed by atoms with E-state index in [0.29, 0.717) is 35.6 Å². The second kappa shape index (κ2) is 9.76. The van der Waals surface area contributed by atoms with Gasteiger partial charge in [0, 0.05) is 22.1 Å². The normalized spacial score (nSPS) is 16.3. The van der Waals surface area contributed by atoms with Crippen LogP contribution in [0.1, 0.15) is 41.0 Å². The Balaban J connectivity index is 1.87. The molecule has 4 rings (SSSR count). The van der Waals surface area contributed by atoms with Crippen LogP contribution in [-0.2, 0) is 6.54 Å². The van der Waals surface area contributed by atoms with Crippen molar-refractivity contribution in [2.75, 3.05) is 26.3 Å². The number of fused-ring (bicyclic) bond motifs is 2. The molecule has 0 aliphatic carbocycles. The van der Waals surface area contributed by atoms with Gasteiger partial charge in [0.2, 0.25) is 0 Å². The van der Waals surface area contributed by atoms with Crippen LogP contribution in [0.2, 0.25) is 0 Å². The number of aromatic carboxylic acids is 1. The molecule has 1 N–H and O–H groups in total. The Labute approximate surface area is 193 Å². The van der Waals surface area contributed by atoms with Crippen LogP contribution in [0, 0.1) is 12.3 Å². The van der Waals surface area contributed by atoms with E-state index in [4.69, 9.17) is 20.9 Å². The summed E-state index contributed by atoms with van der Waals surface area (Å²) >= 11 is 0. The highest BCUT2D eigenvalue weighted by molar-refractivity contribution is 6.05. The number of pyridine rings is 1. The number of terminal acetylenes is 1. The summed E-state index contributed by atoms with van der Waals surface area (Å²) in [5.41, 5.74) is 4.21. The lowest BCUT2D eigenvalue weighted by molar-refractivity contribution is -0.905. The fourth-order valence-corrected chi connectivity index (χ4v) is 4.28. The number of carbonyl (C=O) groups excluding carboxylic acids is 1. The molecule has 2 heterocycles. The zero-order valence-corrected chi connectivity index (χ0v) is 18.8. The molecule has 1 aliphatic heterocycles. The van der Waals surface area contributed by atoms with Crippen molar-refractivity contribution < 1.29 is 24.3 Å². The van der Waals surface area contributed by atoms with E-state index in [1.165, 1.54) is 4.90 Å². The molecule has 2 aromatic carbocycles. The molecule has 0 amide bonds. The Morgan fingerprint density at radius 3 is 2.73 bits per heavy atom. The molecule has 0 saturated heterocycles. The SMILES string of the molecule is C#CCOc1ccc(/C=C2\C[NH+](CC)Cc3c2nc2ccccc2c3C(=O)[O-])cc1OCC.